The molecule has 5 rings (SSSR count). The van der Waals surface area contributed by atoms with E-state index in [1.807, 2.05) is 38.1 Å². The second kappa shape index (κ2) is 12.4. The number of nitrogens with one attached hydrogen (secondary N) is 1. The molecule has 3 atom stereocenters. The fourth-order valence-electron chi connectivity index (χ4n) is 4.95. The van der Waals surface area contributed by atoms with Gasteiger partial charge in [-0.05, 0) is 50.2 Å². The zero-order valence-electron chi connectivity index (χ0n) is 24.4. The van der Waals surface area contributed by atoms with E-state index in [1.54, 1.807) is 54.3 Å². The number of rotatable bonds is 8. The van der Waals surface area contributed by atoms with E-state index in [0.29, 0.717) is 5.52 Å². The van der Waals surface area contributed by atoms with Crippen LogP contribution in [0.2, 0.25) is 0 Å². The van der Waals surface area contributed by atoms with Crippen molar-refractivity contribution in [1.29, 1.82) is 0 Å². The Bertz CT molecular complexity index is 1720. The van der Waals surface area contributed by atoms with Gasteiger partial charge in [-0.1, -0.05) is 42.8 Å². The van der Waals surface area contributed by atoms with Crippen molar-refractivity contribution < 1.29 is 27.9 Å². The van der Waals surface area contributed by atoms with Crippen LogP contribution < -0.4 is 10.1 Å². The van der Waals surface area contributed by atoms with Crippen molar-refractivity contribution in [3.8, 4) is 5.75 Å². The molecule has 2 N–H and O–H groups in total. The number of aliphatic hydroxyl groups is 1. The number of likely N-dealkylation sites (N-methyl/N-ethyl adjacent to an activating group) is 1. The molecular weight excluding hydrogens is 588 g/mol. The zero-order chi connectivity index (χ0) is 30.9. The molecule has 43 heavy (non-hydrogen) atoms. The summed E-state index contributed by atoms with van der Waals surface area (Å²) in [6.45, 7) is 5.45. The number of sulfonamides is 1. The summed E-state index contributed by atoms with van der Waals surface area (Å²) in [5.41, 5.74) is 2.10. The minimum Gasteiger partial charge on any atom is -0.486 e. The highest BCUT2D eigenvalue weighted by molar-refractivity contribution is 7.89. The molecule has 0 unspecified atom stereocenters. The first kappa shape index (κ1) is 30.6. The maximum absolute atomic E-state index is 13.8. The van der Waals surface area contributed by atoms with E-state index in [9.17, 15) is 23.1 Å². The molecule has 1 aliphatic rings. The molecule has 0 bridgehead atoms. The van der Waals surface area contributed by atoms with Gasteiger partial charge in [0.2, 0.25) is 10.0 Å². The van der Waals surface area contributed by atoms with Crippen LogP contribution in [0.3, 0.4) is 0 Å². The summed E-state index contributed by atoms with van der Waals surface area (Å²) in [5, 5.41) is 13.1. The molecule has 0 saturated heterocycles. The van der Waals surface area contributed by atoms with Crippen molar-refractivity contribution in [2.45, 2.75) is 37.8 Å². The topological polar surface area (TPSA) is 129 Å². The lowest BCUT2D eigenvalue weighted by molar-refractivity contribution is 0.0388. The summed E-state index contributed by atoms with van der Waals surface area (Å²) in [6, 6.07) is 18.4. The number of carbonyl (C=O) groups is 2. The molecule has 226 valence electrons. The first-order chi connectivity index (χ1) is 20.5. The molecule has 2 heterocycles. The highest BCUT2D eigenvalue weighted by Crippen LogP contribution is 2.36. The molecule has 0 saturated carbocycles. The van der Waals surface area contributed by atoms with E-state index < -0.39 is 28.1 Å². The number of fused-ring (bicyclic) bond motifs is 2. The summed E-state index contributed by atoms with van der Waals surface area (Å²) < 4.78 is 35.5. The highest BCUT2D eigenvalue weighted by Gasteiger charge is 2.36. The Hall–Kier alpha value is -3.84. The Labute approximate surface area is 255 Å². The van der Waals surface area contributed by atoms with Crippen molar-refractivity contribution in [2.24, 2.45) is 5.92 Å². The van der Waals surface area contributed by atoms with Gasteiger partial charge >= 0.3 is 0 Å². The van der Waals surface area contributed by atoms with E-state index in [-0.39, 0.29) is 58.4 Å². The van der Waals surface area contributed by atoms with Crippen LogP contribution in [0.5, 0.6) is 5.75 Å². The number of hydrogen-bond acceptors (Lipinski definition) is 8. The summed E-state index contributed by atoms with van der Waals surface area (Å²) in [4.78, 5) is 33.2. The van der Waals surface area contributed by atoms with E-state index in [0.717, 1.165) is 10.3 Å². The predicted molar refractivity (Wildman–Crippen MR) is 166 cm³/mol. The van der Waals surface area contributed by atoms with Gasteiger partial charge < -0.3 is 20.1 Å². The predicted octanol–water partition coefficient (Wildman–Crippen LogP) is 4.40. The van der Waals surface area contributed by atoms with Gasteiger partial charge in [0, 0.05) is 19.5 Å². The van der Waals surface area contributed by atoms with Crippen LogP contribution in [0.4, 0.5) is 5.69 Å². The number of aliphatic hydroxyl groups excluding tert-OH is 1. The summed E-state index contributed by atoms with van der Waals surface area (Å²) in [5.74, 6) is -1.03. The maximum Gasteiger partial charge on any atom is 0.284 e. The minimum absolute atomic E-state index is 0.0213. The number of aryl methyl sites for hydroxylation is 1. The minimum atomic E-state index is -3.84. The number of nitrogens with zero attached hydrogens (tertiary/aromatic N) is 3. The van der Waals surface area contributed by atoms with Crippen LogP contribution in [-0.4, -0.2) is 78.4 Å². The molecule has 0 aliphatic carbocycles. The van der Waals surface area contributed by atoms with E-state index in [2.05, 4.69) is 10.3 Å². The van der Waals surface area contributed by atoms with E-state index in [4.69, 9.17) is 4.74 Å². The van der Waals surface area contributed by atoms with Crippen LogP contribution in [0.15, 0.2) is 71.6 Å². The molecule has 0 spiro atoms. The van der Waals surface area contributed by atoms with Crippen LogP contribution in [0.25, 0.3) is 10.2 Å². The van der Waals surface area contributed by atoms with Gasteiger partial charge in [-0.2, -0.15) is 4.31 Å². The quantitative estimate of drug-likeness (QED) is 0.298. The van der Waals surface area contributed by atoms with Crippen molar-refractivity contribution in [2.75, 3.05) is 32.1 Å². The molecule has 10 nitrogen and oxygen atoms in total. The Morgan fingerprint density at radius 2 is 1.88 bits per heavy atom. The normalized spacial score (nSPS) is 18.1. The molecule has 0 fully saturated rings. The van der Waals surface area contributed by atoms with Crippen molar-refractivity contribution in [1.82, 2.24) is 14.2 Å². The first-order valence-corrected chi connectivity index (χ1v) is 16.2. The average molecular weight is 623 g/mol. The summed E-state index contributed by atoms with van der Waals surface area (Å²) in [6.07, 6.45) is -0.703. The number of benzene rings is 3. The lowest BCUT2D eigenvalue weighted by atomic mass is 9.99. The molecule has 4 aromatic rings. The third kappa shape index (κ3) is 6.28. The second-order valence-corrected chi connectivity index (χ2v) is 13.9. The number of aromatic nitrogens is 1. The zero-order valence-corrected chi connectivity index (χ0v) is 26.0. The first-order valence-electron chi connectivity index (χ1n) is 13.9. The Morgan fingerprint density at radius 3 is 2.58 bits per heavy atom. The largest absolute Gasteiger partial charge is 0.486 e. The Morgan fingerprint density at radius 1 is 1.16 bits per heavy atom. The van der Waals surface area contributed by atoms with Gasteiger partial charge in [-0.25, -0.2) is 13.4 Å². The lowest BCUT2D eigenvalue weighted by Crippen LogP contribution is -2.50. The van der Waals surface area contributed by atoms with Crippen LogP contribution in [-0.2, 0) is 10.0 Å². The summed E-state index contributed by atoms with van der Waals surface area (Å²) in [7, 11) is -2.35. The molecule has 12 heteroatoms. The fourth-order valence-corrected chi connectivity index (χ4v) is 6.99. The SMILES string of the molecule is Cc1ccc(S(=O)(=O)N(C)C[C@@H]2Oc3c(NC(=O)c4nc5ccccc5s4)cccc3C(=O)N([C@H](C)CO)C[C@H]2C)cc1. The third-order valence-corrected chi connectivity index (χ3v) is 10.5. The number of thiazole rings is 1. The molecule has 2 amide bonds. The van der Waals surface area contributed by atoms with Gasteiger partial charge in [0.25, 0.3) is 11.8 Å². The third-order valence-electron chi connectivity index (χ3n) is 7.59. The van der Waals surface area contributed by atoms with Gasteiger partial charge in [0.1, 0.15) is 6.10 Å². The van der Waals surface area contributed by atoms with Gasteiger partial charge in [0.05, 0.1) is 45.6 Å². The molecule has 1 aliphatic heterocycles. The highest BCUT2D eigenvalue weighted by atomic mass is 32.2. The number of hydrogen-bond donors (Lipinski definition) is 2. The van der Waals surface area contributed by atoms with Gasteiger partial charge in [-0.15, -0.1) is 11.3 Å². The molecular formula is C31H34N4O6S2. The number of carbonyl (C=O) groups excluding carboxylic acids is 2. The van der Waals surface area contributed by atoms with E-state index >= 15 is 0 Å². The lowest BCUT2D eigenvalue weighted by Gasteiger charge is -2.38. The fraction of sp³-hybridized carbons (Fsp3) is 0.323. The van der Waals surface area contributed by atoms with Crippen molar-refractivity contribution in [3.63, 3.8) is 0 Å². The van der Waals surface area contributed by atoms with Crippen LogP contribution in [0.1, 0.15) is 39.6 Å². The van der Waals surface area contributed by atoms with Crippen LogP contribution in [0, 0.1) is 12.8 Å². The van der Waals surface area contributed by atoms with Crippen molar-refractivity contribution >= 4 is 49.1 Å². The number of anilines is 1. The second-order valence-electron chi connectivity index (χ2n) is 10.8. The van der Waals surface area contributed by atoms with Gasteiger partial charge in [-0.3, -0.25) is 9.59 Å². The monoisotopic (exact) mass is 622 g/mol. The molecule has 1 aromatic heterocycles. The summed E-state index contributed by atoms with van der Waals surface area (Å²) >= 11 is 1.25. The average Bonchev–Trinajstić information content (AvgIpc) is 3.44. The standard InChI is InChI=1S/C31H34N4O6S2/c1-19-12-14-22(15-13-19)43(39,40)34(4)17-26-20(2)16-35(21(3)18-36)31(38)23-8-7-10-25(28(23)41-26)32-29(37)30-33-24-9-5-6-11-27(24)42-30/h5-15,20-21,26,36H,16-18H2,1-4H3,(H,32,37)/t20-,21-,26+/m1/s1. The Kier molecular flexibility index (Phi) is 8.84. The Balaban J connectivity index is 1.51. The number of ether oxygens (including phenoxy) is 1. The maximum atomic E-state index is 13.8. The molecule has 3 aromatic carbocycles. The van der Waals surface area contributed by atoms with Gasteiger partial charge in [0.15, 0.2) is 10.8 Å². The number of para-hydroxylation sites is 2. The molecule has 0 radical (unpaired) electrons. The van der Waals surface area contributed by atoms with Crippen molar-refractivity contribution in [3.05, 3.63) is 82.9 Å². The number of amides is 2. The van der Waals surface area contributed by atoms with Crippen LogP contribution >= 0.6 is 11.3 Å². The smallest absolute Gasteiger partial charge is 0.284 e. The van der Waals surface area contributed by atoms with E-state index in [1.165, 1.54) is 22.7 Å².